The molecule has 60 heavy (non-hydrogen) atoms. The summed E-state index contributed by atoms with van der Waals surface area (Å²) in [6, 6.07) is 20.4. The second kappa shape index (κ2) is 16.2. The molecule has 314 valence electrons. The molecule has 1 aliphatic carbocycles. The van der Waals surface area contributed by atoms with E-state index in [0.717, 1.165) is 68.9 Å². The lowest BCUT2D eigenvalue weighted by Gasteiger charge is -2.63. The zero-order valence-electron chi connectivity index (χ0n) is 34.9. The molecule has 4 aromatic rings. The number of nitrogens with zero attached hydrogens (tertiary/aromatic N) is 6. The van der Waals surface area contributed by atoms with Crippen molar-refractivity contribution in [3.63, 3.8) is 0 Å². The van der Waals surface area contributed by atoms with Crippen LogP contribution in [0, 0.1) is 28.1 Å². The van der Waals surface area contributed by atoms with E-state index in [4.69, 9.17) is 16.3 Å². The van der Waals surface area contributed by atoms with Crippen molar-refractivity contribution in [3.8, 4) is 11.8 Å². The summed E-state index contributed by atoms with van der Waals surface area (Å²) >= 11 is 6.26. The number of aromatic nitrogens is 2. The predicted molar refractivity (Wildman–Crippen MR) is 231 cm³/mol. The molecule has 3 aromatic carbocycles. The number of nitrogens with one attached hydrogen (secondary N) is 2. The maximum Gasteiger partial charge on any atom is 0.275 e. The second-order valence-electron chi connectivity index (χ2n) is 18.2. The Kier molecular flexibility index (Phi) is 11.1. The fourth-order valence-corrected chi connectivity index (χ4v) is 10.6. The summed E-state index contributed by atoms with van der Waals surface area (Å²) in [5.74, 6) is 0.297. The molecule has 1 aromatic heterocycles. The van der Waals surface area contributed by atoms with Crippen molar-refractivity contribution in [2.24, 2.45) is 16.7 Å². The summed E-state index contributed by atoms with van der Waals surface area (Å²) < 4.78 is 7.60. The number of halogens is 1. The molecule has 0 spiro atoms. The van der Waals surface area contributed by atoms with Crippen molar-refractivity contribution in [1.82, 2.24) is 25.3 Å². The van der Waals surface area contributed by atoms with Crippen LogP contribution in [0.25, 0.3) is 10.8 Å². The van der Waals surface area contributed by atoms with Crippen molar-refractivity contribution in [3.05, 3.63) is 93.4 Å². The summed E-state index contributed by atoms with van der Waals surface area (Å²) in [5.41, 5.74) is 2.20. The molecular weight excluding hydrogens is 780 g/mol. The number of piperidine rings is 2. The number of carbonyl (C=O) groups is 3. The van der Waals surface area contributed by atoms with Crippen LogP contribution >= 0.6 is 11.6 Å². The monoisotopic (exact) mass is 832 g/mol. The van der Waals surface area contributed by atoms with Gasteiger partial charge in [-0.25, -0.2) is 4.68 Å². The quantitative estimate of drug-likeness (QED) is 0.194. The first-order valence-corrected chi connectivity index (χ1v) is 21.4. The van der Waals surface area contributed by atoms with Crippen LogP contribution in [0.5, 0.6) is 5.75 Å². The number of nitriles is 1. The average Bonchev–Trinajstić information content (AvgIpc) is 3.22. The number of imide groups is 1. The number of hydrogen-bond donors (Lipinski definition) is 2. The molecule has 14 heteroatoms. The first-order valence-electron chi connectivity index (χ1n) is 21.0. The lowest BCUT2D eigenvalue weighted by molar-refractivity contribution is -0.164. The van der Waals surface area contributed by atoms with Gasteiger partial charge in [-0.2, -0.15) is 10.4 Å². The highest BCUT2D eigenvalue weighted by atomic mass is 35.5. The van der Waals surface area contributed by atoms with Crippen LogP contribution in [0.3, 0.4) is 0 Å². The Morgan fingerprint density at radius 2 is 1.67 bits per heavy atom. The van der Waals surface area contributed by atoms with Gasteiger partial charge in [0, 0.05) is 97.0 Å². The van der Waals surface area contributed by atoms with E-state index in [1.54, 1.807) is 24.4 Å². The minimum Gasteiger partial charge on any atom is -0.489 e. The highest BCUT2D eigenvalue weighted by Gasteiger charge is 2.64. The van der Waals surface area contributed by atoms with E-state index in [9.17, 15) is 24.4 Å². The van der Waals surface area contributed by atoms with Crippen LogP contribution < -0.4 is 30.7 Å². The molecule has 0 unspecified atom stereocenters. The van der Waals surface area contributed by atoms with Crippen LogP contribution in [-0.2, 0) is 9.59 Å². The van der Waals surface area contributed by atoms with E-state index in [1.807, 2.05) is 30.3 Å². The van der Waals surface area contributed by atoms with E-state index >= 15 is 0 Å². The first-order chi connectivity index (χ1) is 28.6. The third-order valence-corrected chi connectivity index (χ3v) is 13.7. The normalized spacial score (nSPS) is 24.4. The van der Waals surface area contributed by atoms with Crippen LogP contribution in [0.2, 0.25) is 5.02 Å². The van der Waals surface area contributed by atoms with Crippen molar-refractivity contribution in [2.45, 2.75) is 84.5 Å². The van der Waals surface area contributed by atoms with Crippen molar-refractivity contribution >= 4 is 51.5 Å². The van der Waals surface area contributed by atoms with Crippen LogP contribution in [0.4, 0.5) is 11.4 Å². The summed E-state index contributed by atoms with van der Waals surface area (Å²) in [6.45, 7) is 16.5. The maximum atomic E-state index is 13.5. The Morgan fingerprint density at radius 1 is 0.950 bits per heavy atom. The highest BCUT2D eigenvalue weighted by Crippen LogP contribution is 2.55. The summed E-state index contributed by atoms with van der Waals surface area (Å²) in [4.78, 5) is 58.2. The third kappa shape index (κ3) is 7.83. The van der Waals surface area contributed by atoms with E-state index in [0.29, 0.717) is 33.2 Å². The summed E-state index contributed by atoms with van der Waals surface area (Å²) in [7, 11) is 0. The molecule has 4 heterocycles. The number of benzene rings is 3. The highest BCUT2D eigenvalue weighted by molar-refractivity contribution is 6.31. The first kappa shape index (κ1) is 41.3. The lowest BCUT2D eigenvalue weighted by atomic mass is 9.49. The number of piperazine rings is 1. The van der Waals surface area contributed by atoms with Gasteiger partial charge in [0.15, 0.2) is 0 Å². The molecule has 3 amide bonds. The minimum atomic E-state index is -0.786. The fourth-order valence-electron chi connectivity index (χ4n) is 10.4. The number of anilines is 2. The predicted octanol–water partition coefficient (Wildman–Crippen LogP) is 5.94. The third-order valence-electron chi connectivity index (χ3n) is 13.4. The fraction of sp³-hybridized carbons (Fsp3) is 0.478. The molecule has 4 aliphatic rings. The zero-order chi connectivity index (χ0) is 42.5. The van der Waals surface area contributed by atoms with E-state index < -0.39 is 11.9 Å². The van der Waals surface area contributed by atoms with Crippen LogP contribution in [-0.4, -0.2) is 89.9 Å². The van der Waals surface area contributed by atoms with Crippen LogP contribution in [0.1, 0.15) is 82.3 Å². The Balaban J connectivity index is 0.806. The van der Waals surface area contributed by atoms with Crippen molar-refractivity contribution < 1.29 is 19.1 Å². The van der Waals surface area contributed by atoms with E-state index in [2.05, 4.69) is 83.3 Å². The molecule has 4 fully saturated rings. The maximum absolute atomic E-state index is 13.5. The number of carbonyl (C=O) groups excluding carboxylic acids is 3. The molecule has 2 atom stereocenters. The van der Waals surface area contributed by atoms with Gasteiger partial charge in [0.1, 0.15) is 24.0 Å². The standard InChI is InChI=1S/C46H53ClN8O5/c1-28-26-52(20-21-54(28)34-11-13-36-32(22-34)25-49-55(42(36)59)38-14-15-39(56)50-41(38)58)27-29-16-18-53(19-17-29)33-9-6-30(7-10-33)40(57)51-43-45(2,3)44(46(43,4)5)60-35-12-8-31(24-48)37(47)23-35/h6-13,22-23,25,28-29,38,43-44H,14-21,26-27H2,1-5H3,(H,51,57)(H,50,56,58)/t28-,38-,43-,44-/m1/s1. The van der Waals surface area contributed by atoms with Gasteiger partial charge < -0.3 is 19.9 Å². The SMILES string of the molecule is C[C@@H]1CN(CC2CCN(c3ccc(C(=O)N[C@H]4C(C)(C)[C@H](Oc5ccc(C#N)c(Cl)c5)C4(C)C)cc3)CC2)CCN1c1ccc2c(=O)n([C@@H]3CCC(=O)NC3=O)ncc2c1. The molecule has 3 saturated heterocycles. The summed E-state index contributed by atoms with van der Waals surface area (Å²) in [6.07, 6.45) is 4.12. The molecule has 3 aliphatic heterocycles. The van der Waals surface area contributed by atoms with E-state index in [-0.39, 0.29) is 59.2 Å². The van der Waals surface area contributed by atoms with Crippen molar-refractivity contribution in [1.29, 1.82) is 5.26 Å². The Bertz CT molecular complexity index is 2400. The van der Waals surface area contributed by atoms with Gasteiger partial charge in [-0.1, -0.05) is 39.3 Å². The molecule has 0 bridgehead atoms. The van der Waals surface area contributed by atoms with Gasteiger partial charge in [0.05, 0.1) is 22.2 Å². The molecule has 13 nitrogen and oxygen atoms in total. The summed E-state index contributed by atoms with van der Waals surface area (Å²) in [5, 5.41) is 20.8. The molecule has 2 N–H and O–H groups in total. The molecular formula is C46H53ClN8O5. The van der Waals surface area contributed by atoms with Gasteiger partial charge in [0.25, 0.3) is 17.4 Å². The Hall–Kier alpha value is -5.45. The van der Waals surface area contributed by atoms with Gasteiger partial charge in [-0.15, -0.1) is 0 Å². The second-order valence-corrected chi connectivity index (χ2v) is 18.6. The van der Waals surface area contributed by atoms with Crippen molar-refractivity contribution in [2.75, 3.05) is 49.1 Å². The van der Waals surface area contributed by atoms with Crippen LogP contribution in [0.15, 0.2) is 71.7 Å². The average molecular weight is 833 g/mol. The molecule has 1 saturated carbocycles. The largest absolute Gasteiger partial charge is 0.489 e. The number of amides is 3. The number of ether oxygens (including phenoxy) is 1. The van der Waals surface area contributed by atoms with Gasteiger partial charge in [-0.05, 0) is 86.7 Å². The topological polar surface area (TPSA) is 153 Å². The Labute approximate surface area is 355 Å². The number of fused-ring (bicyclic) bond motifs is 1. The molecule has 8 rings (SSSR count). The van der Waals surface area contributed by atoms with E-state index in [1.165, 1.54) is 4.68 Å². The Morgan fingerprint density at radius 3 is 2.33 bits per heavy atom. The van der Waals surface area contributed by atoms with Gasteiger partial charge in [-0.3, -0.25) is 29.4 Å². The smallest absolute Gasteiger partial charge is 0.275 e. The number of hydrogen-bond acceptors (Lipinski definition) is 10. The van der Waals surface area contributed by atoms with Gasteiger partial charge in [0.2, 0.25) is 5.91 Å². The molecule has 0 radical (unpaired) electrons. The number of rotatable bonds is 9. The minimum absolute atomic E-state index is 0.102. The zero-order valence-corrected chi connectivity index (χ0v) is 35.7. The lowest BCUT2D eigenvalue weighted by Crippen LogP contribution is -2.74. The van der Waals surface area contributed by atoms with Gasteiger partial charge >= 0.3 is 0 Å².